The van der Waals surface area contributed by atoms with E-state index in [9.17, 15) is 4.79 Å². The minimum absolute atomic E-state index is 0.0971. The third-order valence-corrected chi connectivity index (χ3v) is 1.69. The number of furan rings is 1. The molecule has 0 radical (unpaired) electrons. The highest BCUT2D eigenvalue weighted by molar-refractivity contribution is 7.99. The molecule has 0 saturated heterocycles. The minimum Gasteiger partial charge on any atom is -0.475 e. The molecule has 0 saturated carbocycles. The first kappa shape index (κ1) is 8.95. The summed E-state index contributed by atoms with van der Waals surface area (Å²) < 4.78 is 5.50. The van der Waals surface area contributed by atoms with Gasteiger partial charge in [-0.25, -0.2) is 4.79 Å². The molecule has 12 heavy (non-hydrogen) atoms. The third kappa shape index (κ3) is 1.72. The highest BCUT2D eigenvalue weighted by atomic mass is 32.2. The molecule has 0 aliphatic rings. The fraction of sp³-hybridized carbons (Fsp3) is 0.167. The number of hydrogen-bond acceptors (Lipinski definition) is 5. The van der Waals surface area contributed by atoms with Crippen LogP contribution in [0.25, 0.3) is 0 Å². The molecule has 0 bridgehead atoms. The molecule has 0 aliphatic carbocycles. The van der Waals surface area contributed by atoms with E-state index in [1.807, 2.05) is 0 Å². The van der Waals surface area contributed by atoms with Crippen molar-refractivity contribution in [3.63, 3.8) is 0 Å². The molecule has 0 aliphatic heterocycles. The highest BCUT2D eigenvalue weighted by Crippen LogP contribution is 2.21. The SMILES string of the molecule is CSN(O)c1ccc(C(=O)O)o1. The number of rotatable bonds is 3. The van der Waals surface area contributed by atoms with E-state index in [0.29, 0.717) is 0 Å². The minimum atomic E-state index is -1.16. The first-order valence-corrected chi connectivity index (χ1v) is 4.19. The van der Waals surface area contributed by atoms with Crippen molar-refractivity contribution in [3.8, 4) is 0 Å². The summed E-state index contributed by atoms with van der Waals surface area (Å²) >= 11 is 1.01. The van der Waals surface area contributed by atoms with Gasteiger partial charge in [-0.3, -0.25) is 5.21 Å². The van der Waals surface area contributed by atoms with Gasteiger partial charge in [0.2, 0.25) is 11.6 Å². The number of carbonyl (C=O) groups is 1. The number of hydrogen-bond donors (Lipinski definition) is 2. The Bertz CT molecular complexity index is 285. The van der Waals surface area contributed by atoms with Crippen molar-refractivity contribution < 1.29 is 19.5 Å². The summed E-state index contributed by atoms with van der Waals surface area (Å²) in [4.78, 5) is 10.3. The summed E-state index contributed by atoms with van der Waals surface area (Å²) in [6.07, 6.45) is 1.63. The lowest BCUT2D eigenvalue weighted by molar-refractivity contribution is 0.0662. The van der Waals surface area contributed by atoms with Crippen LogP contribution in [0.4, 0.5) is 5.88 Å². The van der Waals surface area contributed by atoms with Crippen molar-refractivity contribution in [1.29, 1.82) is 0 Å². The average Bonchev–Trinajstić information content (AvgIpc) is 2.51. The molecule has 66 valence electrons. The Balaban J connectivity index is 2.84. The maximum absolute atomic E-state index is 10.3. The van der Waals surface area contributed by atoms with Gasteiger partial charge in [0.15, 0.2) is 0 Å². The standard InChI is InChI=1S/C6H7NO4S/c1-12-7(10)5-3-2-4(11-5)6(8)9/h2-3,10H,1H3,(H,8,9). The summed E-state index contributed by atoms with van der Waals surface area (Å²) in [6.45, 7) is 0. The summed E-state index contributed by atoms with van der Waals surface area (Å²) in [5, 5.41) is 17.5. The second-order valence-electron chi connectivity index (χ2n) is 1.90. The molecular weight excluding hydrogens is 182 g/mol. The van der Waals surface area contributed by atoms with E-state index in [2.05, 4.69) is 0 Å². The van der Waals surface area contributed by atoms with Gasteiger partial charge in [0.25, 0.3) is 0 Å². The Morgan fingerprint density at radius 2 is 2.33 bits per heavy atom. The predicted molar refractivity (Wildman–Crippen MR) is 43.4 cm³/mol. The van der Waals surface area contributed by atoms with Gasteiger partial charge in [0.05, 0.1) is 0 Å². The van der Waals surface area contributed by atoms with Gasteiger partial charge in [-0.05, 0) is 18.0 Å². The molecule has 1 aromatic rings. The lowest BCUT2D eigenvalue weighted by atomic mass is 10.5. The lowest BCUT2D eigenvalue weighted by Gasteiger charge is -2.06. The monoisotopic (exact) mass is 189 g/mol. The van der Waals surface area contributed by atoms with Gasteiger partial charge < -0.3 is 9.52 Å². The number of anilines is 1. The van der Waals surface area contributed by atoms with Crippen molar-refractivity contribution >= 4 is 23.8 Å². The predicted octanol–water partition coefficient (Wildman–Crippen LogP) is 1.45. The molecule has 0 aromatic carbocycles. The maximum atomic E-state index is 10.3. The van der Waals surface area contributed by atoms with Crippen molar-refractivity contribution in [3.05, 3.63) is 17.9 Å². The van der Waals surface area contributed by atoms with Crippen LogP contribution in [-0.2, 0) is 0 Å². The van der Waals surface area contributed by atoms with E-state index in [0.717, 1.165) is 16.4 Å². The van der Waals surface area contributed by atoms with Crippen LogP contribution in [0, 0.1) is 0 Å². The Morgan fingerprint density at radius 3 is 2.75 bits per heavy atom. The maximum Gasteiger partial charge on any atom is 0.371 e. The van der Waals surface area contributed by atoms with Crippen LogP contribution < -0.4 is 4.47 Å². The summed E-state index contributed by atoms with van der Waals surface area (Å²) in [6, 6.07) is 2.65. The zero-order valence-corrected chi connectivity index (χ0v) is 7.04. The number of carboxylic acid groups (broad SMARTS) is 1. The van der Waals surface area contributed by atoms with Crippen molar-refractivity contribution in [2.45, 2.75) is 0 Å². The van der Waals surface area contributed by atoms with Crippen LogP contribution in [0.3, 0.4) is 0 Å². The summed E-state index contributed by atoms with van der Waals surface area (Å²) in [5.41, 5.74) is 0. The molecule has 6 heteroatoms. The normalized spacial score (nSPS) is 9.83. The van der Waals surface area contributed by atoms with E-state index in [1.54, 1.807) is 6.26 Å². The van der Waals surface area contributed by atoms with Gasteiger partial charge in [-0.15, -0.1) is 0 Å². The van der Waals surface area contributed by atoms with E-state index in [4.69, 9.17) is 14.7 Å². The second-order valence-corrected chi connectivity index (χ2v) is 2.61. The van der Waals surface area contributed by atoms with E-state index < -0.39 is 5.97 Å². The zero-order valence-electron chi connectivity index (χ0n) is 6.22. The van der Waals surface area contributed by atoms with E-state index >= 15 is 0 Å². The Kier molecular flexibility index (Phi) is 2.61. The van der Waals surface area contributed by atoms with Crippen LogP contribution >= 0.6 is 11.9 Å². The third-order valence-electron chi connectivity index (χ3n) is 1.16. The summed E-state index contributed by atoms with van der Waals surface area (Å²) in [7, 11) is 0. The average molecular weight is 189 g/mol. The Hall–Kier alpha value is -1.14. The molecule has 2 N–H and O–H groups in total. The molecule has 1 aromatic heterocycles. The largest absolute Gasteiger partial charge is 0.475 e. The van der Waals surface area contributed by atoms with E-state index in [1.165, 1.54) is 12.1 Å². The van der Waals surface area contributed by atoms with Gasteiger partial charge in [0.1, 0.15) is 0 Å². The first-order chi connectivity index (χ1) is 5.65. The summed E-state index contributed by atoms with van der Waals surface area (Å²) in [5.74, 6) is -1.26. The van der Waals surface area contributed by atoms with Crippen LogP contribution in [0.2, 0.25) is 0 Å². The lowest BCUT2D eigenvalue weighted by Crippen LogP contribution is -2.04. The van der Waals surface area contributed by atoms with Crippen molar-refractivity contribution in [1.82, 2.24) is 0 Å². The molecule has 1 rings (SSSR count). The molecule has 5 nitrogen and oxygen atoms in total. The Morgan fingerprint density at radius 1 is 1.67 bits per heavy atom. The molecule has 0 atom stereocenters. The topological polar surface area (TPSA) is 73.9 Å². The quantitative estimate of drug-likeness (QED) is 0.553. The zero-order chi connectivity index (χ0) is 9.14. The molecule has 0 unspecified atom stereocenters. The smallest absolute Gasteiger partial charge is 0.371 e. The van der Waals surface area contributed by atoms with Crippen LogP contribution in [0.15, 0.2) is 16.5 Å². The molecule has 0 spiro atoms. The molecular formula is C6H7NO4S. The van der Waals surface area contributed by atoms with Crippen LogP contribution in [-0.4, -0.2) is 22.5 Å². The van der Waals surface area contributed by atoms with Crippen LogP contribution in [0.1, 0.15) is 10.6 Å². The van der Waals surface area contributed by atoms with E-state index in [-0.39, 0.29) is 11.6 Å². The van der Waals surface area contributed by atoms with Crippen LogP contribution in [0.5, 0.6) is 0 Å². The second kappa shape index (κ2) is 3.51. The number of nitrogens with zero attached hydrogens (tertiary/aromatic N) is 1. The number of carboxylic acids is 1. The van der Waals surface area contributed by atoms with Crippen molar-refractivity contribution in [2.24, 2.45) is 0 Å². The van der Waals surface area contributed by atoms with Gasteiger partial charge in [0, 0.05) is 12.3 Å². The highest BCUT2D eigenvalue weighted by Gasteiger charge is 2.11. The molecule has 0 amide bonds. The van der Waals surface area contributed by atoms with Crippen molar-refractivity contribution in [2.75, 3.05) is 10.7 Å². The first-order valence-electron chi connectivity index (χ1n) is 3.01. The van der Waals surface area contributed by atoms with Gasteiger partial charge >= 0.3 is 5.97 Å². The number of aromatic carboxylic acids is 1. The fourth-order valence-electron chi connectivity index (χ4n) is 0.635. The molecule has 1 heterocycles. The Labute approximate surface area is 72.7 Å². The fourth-order valence-corrected chi connectivity index (χ4v) is 0.913. The molecule has 0 fully saturated rings. The van der Waals surface area contributed by atoms with Gasteiger partial charge in [-0.2, -0.15) is 4.47 Å². The van der Waals surface area contributed by atoms with Gasteiger partial charge in [-0.1, -0.05) is 0 Å².